The van der Waals surface area contributed by atoms with Gasteiger partial charge in [0.2, 0.25) is 0 Å². The first-order valence-corrected chi connectivity index (χ1v) is 9.11. The zero-order valence-corrected chi connectivity index (χ0v) is 15.6. The summed E-state index contributed by atoms with van der Waals surface area (Å²) < 4.78 is 0. The fourth-order valence-corrected chi connectivity index (χ4v) is 4.24. The molecule has 0 fully saturated rings. The van der Waals surface area contributed by atoms with Crippen molar-refractivity contribution in [3.8, 4) is 0 Å². The van der Waals surface area contributed by atoms with E-state index in [1.54, 1.807) is 0 Å². The number of hydrogen-bond acceptors (Lipinski definition) is 1. The van der Waals surface area contributed by atoms with E-state index >= 15 is 0 Å². The van der Waals surface area contributed by atoms with Gasteiger partial charge < -0.3 is 4.90 Å². The monoisotopic (exact) mass is 421 g/mol. The van der Waals surface area contributed by atoms with Crippen molar-refractivity contribution in [2.75, 3.05) is 4.90 Å². The van der Waals surface area contributed by atoms with Crippen molar-refractivity contribution in [1.29, 1.82) is 0 Å². The first-order valence-electron chi connectivity index (χ1n) is 7.28. The Balaban J connectivity index is 2.11. The van der Waals surface area contributed by atoms with E-state index < -0.39 is 0 Å². The molecule has 114 valence electrons. The molecule has 1 aliphatic rings. The highest BCUT2D eigenvalue weighted by Gasteiger charge is 2.39. The number of halogens is 2. The van der Waals surface area contributed by atoms with Crippen LogP contribution in [0, 0.1) is 6.92 Å². The topological polar surface area (TPSA) is 20.3 Å². The molecule has 0 saturated carbocycles. The highest BCUT2D eigenvalue weighted by atomic mass is 79.9. The van der Waals surface area contributed by atoms with Gasteiger partial charge in [-0.3, -0.25) is 4.79 Å². The van der Waals surface area contributed by atoms with Gasteiger partial charge in [0.15, 0.2) is 0 Å². The van der Waals surface area contributed by atoms with Crippen LogP contribution in [0.1, 0.15) is 33.2 Å². The highest BCUT2D eigenvalue weighted by Crippen LogP contribution is 2.45. The number of benzene rings is 2. The summed E-state index contributed by atoms with van der Waals surface area (Å²) in [6, 6.07) is 15.8. The number of rotatable bonds is 1. The van der Waals surface area contributed by atoms with E-state index in [0.29, 0.717) is 5.56 Å². The first kappa shape index (κ1) is 15.8. The van der Waals surface area contributed by atoms with Gasteiger partial charge in [-0.2, -0.15) is 0 Å². The molecule has 2 aromatic rings. The lowest BCUT2D eigenvalue weighted by atomic mass is 9.94. The molecule has 0 bridgehead atoms. The minimum absolute atomic E-state index is 0.0436. The maximum atomic E-state index is 13.0. The van der Waals surface area contributed by atoms with Gasteiger partial charge in [-0.05, 0) is 37.6 Å². The number of anilines is 1. The Kier molecular flexibility index (Phi) is 4.42. The molecule has 2 nitrogen and oxygen atoms in total. The second-order valence-corrected chi connectivity index (χ2v) is 7.73. The molecule has 1 aliphatic heterocycles. The van der Waals surface area contributed by atoms with Crippen molar-refractivity contribution in [3.63, 3.8) is 0 Å². The van der Waals surface area contributed by atoms with Gasteiger partial charge in [0, 0.05) is 17.3 Å². The molecule has 3 atom stereocenters. The molecule has 3 rings (SSSR count). The SMILES string of the molecule is Cc1ccc2c(c1)C(Br)[C@H](Br)C(C)N2C(=O)c1ccccc1. The Morgan fingerprint density at radius 3 is 2.45 bits per heavy atom. The lowest BCUT2D eigenvalue weighted by Gasteiger charge is -2.41. The van der Waals surface area contributed by atoms with Gasteiger partial charge in [-0.1, -0.05) is 67.8 Å². The summed E-state index contributed by atoms with van der Waals surface area (Å²) in [6.45, 7) is 4.15. The van der Waals surface area contributed by atoms with Crippen molar-refractivity contribution < 1.29 is 4.79 Å². The second kappa shape index (κ2) is 6.17. The molecule has 0 aliphatic carbocycles. The van der Waals surface area contributed by atoms with Gasteiger partial charge in [-0.25, -0.2) is 0 Å². The van der Waals surface area contributed by atoms with E-state index in [2.05, 4.69) is 63.9 Å². The summed E-state index contributed by atoms with van der Waals surface area (Å²) in [6.07, 6.45) is 0. The van der Waals surface area contributed by atoms with Crippen LogP contribution in [0.5, 0.6) is 0 Å². The van der Waals surface area contributed by atoms with Crippen LogP contribution in [-0.2, 0) is 0 Å². The second-order valence-electron chi connectivity index (χ2n) is 5.69. The summed E-state index contributed by atoms with van der Waals surface area (Å²) in [5.74, 6) is 0.0436. The minimum Gasteiger partial charge on any atom is -0.304 e. The number of carbonyl (C=O) groups is 1. The predicted molar refractivity (Wildman–Crippen MR) is 98.3 cm³/mol. The summed E-state index contributed by atoms with van der Waals surface area (Å²) in [4.78, 5) is 15.3. The molecule has 2 aromatic carbocycles. The van der Waals surface area contributed by atoms with E-state index in [0.717, 1.165) is 11.3 Å². The summed E-state index contributed by atoms with van der Waals surface area (Å²) in [7, 11) is 0. The van der Waals surface area contributed by atoms with Gasteiger partial charge in [-0.15, -0.1) is 0 Å². The summed E-state index contributed by atoms with van der Waals surface area (Å²) in [5, 5.41) is 0. The van der Waals surface area contributed by atoms with E-state index in [-0.39, 0.29) is 21.6 Å². The van der Waals surface area contributed by atoms with Crippen molar-refractivity contribution in [2.45, 2.75) is 29.5 Å². The number of fused-ring (bicyclic) bond motifs is 1. The van der Waals surface area contributed by atoms with Crippen LogP contribution in [0.25, 0.3) is 0 Å². The quantitative estimate of drug-likeness (QED) is 0.575. The molecule has 1 amide bonds. The largest absolute Gasteiger partial charge is 0.304 e. The van der Waals surface area contributed by atoms with Gasteiger partial charge >= 0.3 is 0 Å². The lowest BCUT2D eigenvalue weighted by molar-refractivity contribution is 0.0976. The number of alkyl halides is 2. The third-order valence-electron chi connectivity index (χ3n) is 4.13. The average molecular weight is 423 g/mol. The van der Waals surface area contributed by atoms with Crippen LogP contribution in [0.15, 0.2) is 48.5 Å². The van der Waals surface area contributed by atoms with E-state index in [4.69, 9.17) is 0 Å². The molecule has 1 heterocycles. The number of aryl methyl sites for hydroxylation is 1. The summed E-state index contributed by atoms with van der Waals surface area (Å²) >= 11 is 7.53. The molecule has 4 heteroatoms. The molecule has 0 radical (unpaired) electrons. The van der Waals surface area contributed by atoms with Crippen LogP contribution < -0.4 is 4.90 Å². The van der Waals surface area contributed by atoms with Gasteiger partial charge in [0.05, 0.1) is 9.65 Å². The Hall–Kier alpha value is -1.13. The number of carbonyl (C=O) groups excluding carboxylic acids is 1. The lowest BCUT2D eigenvalue weighted by Crippen LogP contribution is -2.48. The smallest absolute Gasteiger partial charge is 0.258 e. The highest BCUT2D eigenvalue weighted by molar-refractivity contribution is 9.12. The normalized spacial score (nSPS) is 24.0. The van der Waals surface area contributed by atoms with E-state index in [9.17, 15) is 4.79 Å². The Bertz CT molecular complexity index is 701. The van der Waals surface area contributed by atoms with Crippen molar-refractivity contribution in [2.24, 2.45) is 0 Å². The summed E-state index contributed by atoms with van der Waals surface area (Å²) in [5.41, 5.74) is 4.06. The number of hydrogen-bond donors (Lipinski definition) is 0. The maximum absolute atomic E-state index is 13.0. The van der Waals surface area contributed by atoms with Gasteiger partial charge in [0.1, 0.15) is 0 Å². The van der Waals surface area contributed by atoms with Crippen LogP contribution in [0.4, 0.5) is 5.69 Å². The predicted octanol–water partition coefficient (Wildman–Crippen LogP) is 5.24. The maximum Gasteiger partial charge on any atom is 0.258 e. The molecule has 0 N–H and O–H groups in total. The van der Waals surface area contributed by atoms with Crippen molar-refractivity contribution in [1.82, 2.24) is 0 Å². The van der Waals surface area contributed by atoms with Crippen molar-refractivity contribution in [3.05, 3.63) is 65.2 Å². The fourth-order valence-electron chi connectivity index (χ4n) is 2.91. The first-order chi connectivity index (χ1) is 10.5. The molecular weight excluding hydrogens is 406 g/mol. The fraction of sp³-hybridized carbons (Fsp3) is 0.278. The zero-order valence-electron chi connectivity index (χ0n) is 12.5. The zero-order chi connectivity index (χ0) is 15.9. The Morgan fingerprint density at radius 2 is 1.77 bits per heavy atom. The van der Waals surface area contributed by atoms with Crippen molar-refractivity contribution >= 4 is 43.5 Å². The standard InChI is InChI=1S/C18H17Br2NO/c1-11-8-9-15-14(10-11)17(20)16(19)12(2)21(15)18(22)13-6-4-3-5-7-13/h3-10,12,16-17H,1-2H3/t12?,16-,17?/m1/s1. The molecule has 0 spiro atoms. The van der Waals surface area contributed by atoms with E-state index in [1.165, 1.54) is 5.56 Å². The number of nitrogens with zero attached hydrogens (tertiary/aromatic N) is 1. The Labute approximate surface area is 147 Å². The van der Waals surface area contributed by atoms with Crippen LogP contribution in [-0.4, -0.2) is 16.8 Å². The molecule has 0 aromatic heterocycles. The van der Waals surface area contributed by atoms with Crippen LogP contribution >= 0.6 is 31.9 Å². The third kappa shape index (κ3) is 2.63. The molecule has 2 unspecified atom stereocenters. The van der Waals surface area contributed by atoms with E-state index in [1.807, 2.05) is 35.2 Å². The molecule has 0 saturated heterocycles. The Morgan fingerprint density at radius 1 is 1.09 bits per heavy atom. The third-order valence-corrected chi connectivity index (χ3v) is 7.19. The molecular formula is C18H17Br2NO. The van der Waals surface area contributed by atoms with Crippen LogP contribution in [0.3, 0.4) is 0 Å². The van der Waals surface area contributed by atoms with Gasteiger partial charge in [0.25, 0.3) is 5.91 Å². The number of amides is 1. The average Bonchev–Trinajstić information content (AvgIpc) is 2.54. The molecule has 22 heavy (non-hydrogen) atoms. The minimum atomic E-state index is 0.0436. The van der Waals surface area contributed by atoms with Crippen LogP contribution in [0.2, 0.25) is 0 Å².